The van der Waals surface area contributed by atoms with Crippen molar-refractivity contribution in [1.82, 2.24) is 15.1 Å². The van der Waals surface area contributed by atoms with Gasteiger partial charge in [0.1, 0.15) is 5.82 Å². The molecule has 2 heterocycles. The van der Waals surface area contributed by atoms with E-state index in [4.69, 9.17) is 4.52 Å². The molecule has 2 aromatic rings. The van der Waals surface area contributed by atoms with Crippen LogP contribution in [0.15, 0.2) is 27.3 Å². The Kier molecular flexibility index (Phi) is 4.85. The Bertz CT molecular complexity index is 583. The largest absolute Gasteiger partial charge is 0.370 e. The number of halogens is 1. The molecule has 112 valence electrons. The van der Waals surface area contributed by atoms with E-state index in [1.54, 1.807) is 6.20 Å². The SMILES string of the molecule is Brc1ccnc(NCCCCCc2nc(C3CC3)no2)c1. The van der Waals surface area contributed by atoms with Crippen LogP contribution in [0.1, 0.15) is 49.7 Å². The van der Waals surface area contributed by atoms with Crippen molar-refractivity contribution in [3.05, 3.63) is 34.5 Å². The van der Waals surface area contributed by atoms with Crippen LogP contribution in [-0.4, -0.2) is 21.7 Å². The maximum absolute atomic E-state index is 5.26. The topological polar surface area (TPSA) is 63.8 Å². The van der Waals surface area contributed by atoms with Crippen molar-refractivity contribution in [1.29, 1.82) is 0 Å². The van der Waals surface area contributed by atoms with Crippen molar-refractivity contribution < 1.29 is 4.52 Å². The molecule has 2 aromatic heterocycles. The summed E-state index contributed by atoms with van der Waals surface area (Å²) >= 11 is 3.44. The number of hydrogen-bond donors (Lipinski definition) is 1. The lowest BCUT2D eigenvalue weighted by molar-refractivity contribution is 0.369. The van der Waals surface area contributed by atoms with Gasteiger partial charge in [0, 0.05) is 29.6 Å². The molecule has 0 unspecified atom stereocenters. The summed E-state index contributed by atoms with van der Waals surface area (Å²) in [7, 11) is 0. The highest BCUT2D eigenvalue weighted by atomic mass is 79.9. The predicted molar refractivity (Wildman–Crippen MR) is 84.3 cm³/mol. The van der Waals surface area contributed by atoms with Crippen LogP contribution in [0.5, 0.6) is 0 Å². The first-order chi connectivity index (χ1) is 10.3. The minimum atomic E-state index is 0.574. The molecule has 0 aliphatic heterocycles. The Morgan fingerprint density at radius 3 is 3.00 bits per heavy atom. The van der Waals surface area contributed by atoms with Crippen LogP contribution in [0.4, 0.5) is 5.82 Å². The van der Waals surface area contributed by atoms with E-state index in [0.29, 0.717) is 5.92 Å². The molecule has 1 aliphatic carbocycles. The van der Waals surface area contributed by atoms with E-state index in [1.165, 1.54) is 12.8 Å². The highest BCUT2D eigenvalue weighted by Gasteiger charge is 2.28. The number of unbranched alkanes of at least 4 members (excludes halogenated alkanes) is 2. The quantitative estimate of drug-likeness (QED) is 0.730. The van der Waals surface area contributed by atoms with Crippen LogP contribution in [0.2, 0.25) is 0 Å². The molecule has 0 bridgehead atoms. The zero-order chi connectivity index (χ0) is 14.5. The first-order valence-electron chi connectivity index (χ1n) is 7.49. The number of nitrogens with one attached hydrogen (secondary N) is 1. The number of aromatic nitrogens is 3. The monoisotopic (exact) mass is 350 g/mol. The Hall–Kier alpha value is -1.43. The molecule has 0 atom stereocenters. The van der Waals surface area contributed by atoms with Gasteiger partial charge in [0.2, 0.25) is 5.89 Å². The molecule has 21 heavy (non-hydrogen) atoms. The van der Waals surface area contributed by atoms with Crippen molar-refractivity contribution in [2.45, 2.75) is 44.4 Å². The fraction of sp³-hybridized carbons (Fsp3) is 0.533. The van der Waals surface area contributed by atoms with E-state index < -0.39 is 0 Å². The Labute approximate surface area is 132 Å². The summed E-state index contributed by atoms with van der Waals surface area (Å²) < 4.78 is 6.31. The van der Waals surface area contributed by atoms with Gasteiger partial charge in [-0.1, -0.05) is 27.5 Å². The molecular weight excluding hydrogens is 332 g/mol. The molecule has 1 saturated carbocycles. The van der Waals surface area contributed by atoms with Gasteiger partial charge in [-0.3, -0.25) is 0 Å². The third-order valence-corrected chi connectivity index (χ3v) is 4.02. The van der Waals surface area contributed by atoms with Crippen LogP contribution in [0, 0.1) is 0 Å². The van der Waals surface area contributed by atoms with Crippen molar-refractivity contribution in [2.24, 2.45) is 0 Å². The van der Waals surface area contributed by atoms with Crippen molar-refractivity contribution in [3.63, 3.8) is 0 Å². The molecule has 6 heteroatoms. The van der Waals surface area contributed by atoms with Gasteiger partial charge < -0.3 is 9.84 Å². The molecule has 1 N–H and O–H groups in total. The fourth-order valence-corrected chi connectivity index (χ4v) is 2.51. The van der Waals surface area contributed by atoms with Crippen LogP contribution < -0.4 is 5.32 Å². The van der Waals surface area contributed by atoms with E-state index in [-0.39, 0.29) is 0 Å². The summed E-state index contributed by atoms with van der Waals surface area (Å²) in [6.45, 7) is 0.931. The Morgan fingerprint density at radius 2 is 2.19 bits per heavy atom. The number of anilines is 1. The lowest BCUT2D eigenvalue weighted by Gasteiger charge is -2.05. The van der Waals surface area contributed by atoms with Crippen LogP contribution in [0.3, 0.4) is 0 Å². The zero-order valence-electron chi connectivity index (χ0n) is 11.9. The molecule has 5 nitrogen and oxygen atoms in total. The van der Waals surface area contributed by atoms with Gasteiger partial charge in [0.05, 0.1) is 0 Å². The summed E-state index contributed by atoms with van der Waals surface area (Å²) in [6.07, 6.45) is 8.44. The normalized spacial score (nSPS) is 14.3. The molecule has 0 amide bonds. The van der Waals surface area contributed by atoms with Gasteiger partial charge in [-0.2, -0.15) is 4.98 Å². The van der Waals surface area contributed by atoms with Gasteiger partial charge in [-0.05, 0) is 37.8 Å². The standard InChI is InChI=1S/C15H19BrN4O/c16-12-7-9-18-13(10-12)17-8-3-1-2-4-14-19-15(20-21-14)11-5-6-11/h7,9-11H,1-6,8H2,(H,17,18). The van der Waals surface area contributed by atoms with E-state index in [2.05, 4.69) is 36.4 Å². The van der Waals surface area contributed by atoms with Gasteiger partial charge in [0.15, 0.2) is 5.82 Å². The molecule has 0 radical (unpaired) electrons. The van der Waals surface area contributed by atoms with Gasteiger partial charge in [-0.15, -0.1) is 0 Å². The molecule has 1 aliphatic rings. The molecule has 0 aromatic carbocycles. The van der Waals surface area contributed by atoms with Crippen molar-refractivity contribution in [2.75, 3.05) is 11.9 Å². The second-order valence-electron chi connectivity index (χ2n) is 5.42. The lowest BCUT2D eigenvalue weighted by atomic mass is 10.2. The number of hydrogen-bond acceptors (Lipinski definition) is 5. The van der Waals surface area contributed by atoms with E-state index in [0.717, 1.165) is 54.2 Å². The fourth-order valence-electron chi connectivity index (χ4n) is 2.17. The minimum Gasteiger partial charge on any atom is -0.370 e. The first-order valence-corrected chi connectivity index (χ1v) is 8.28. The molecule has 0 saturated heterocycles. The number of nitrogens with zero attached hydrogens (tertiary/aromatic N) is 3. The maximum atomic E-state index is 5.26. The maximum Gasteiger partial charge on any atom is 0.226 e. The third kappa shape index (κ3) is 4.52. The molecular formula is C15H19BrN4O. The molecule has 0 spiro atoms. The number of pyridine rings is 1. The predicted octanol–water partition coefficient (Wildman–Crippen LogP) is 3.93. The van der Waals surface area contributed by atoms with Crippen molar-refractivity contribution in [3.8, 4) is 0 Å². The van der Waals surface area contributed by atoms with Crippen molar-refractivity contribution >= 4 is 21.7 Å². The van der Waals surface area contributed by atoms with Gasteiger partial charge in [-0.25, -0.2) is 4.98 Å². The van der Waals surface area contributed by atoms with E-state index in [9.17, 15) is 0 Å². The first kappa shape index (κ1) is 14.5. The van der Waals surface area contributed by atoms with Crippen LogP contribution >= 0.6 is 15.9 Å². The van der Waals surface area contributed by atoms with E-state index >= 15 is 0 Å². The molecule has 1 fully saturated rings. The van der Waals surface area contributed by atoms with Gasteiger partial charge >= 0.3 is 0 Å². The smallest absolute Gasteiger partial charge is 0.226 e. The lowest BCUT2D eigenvalue weighted by Crippen LogP contribution is -2.03. The summed E-state index contributed by atoms with van der Waals surface area (Å²) in [6, 6.07) is 3.91. The number of rotatable bonds is 8. The highest BCUT2D eigenvalue weighted by molar-refractivity contribution is 9.10. The zero-order valence-corrected chi connectivity index (χ0v) is 13.5. The van der Waals surface area contributed by atoms with Crippen LogP contribution in [-0.2, 0) is 6.42 Å². The molecule has 3 rings (SSSR count). The Balaban J connectivity index is 1.29. The average Bonchev–Trinajstić information content (AvgIpc) is 3.22. The van der Waals surface area contributed by atoms with E-state index in [1.807, 2.05) is 12.1 Å². The summed E-state index contributed by atoms with van der Waals surface area (Å²) in [4.78, 5) is 8.69. The average molecular weight is 351 g/mol. The minimum absolute atomic E-state index is 0.574. The second-order valence-corrected chi connectivity index (χ2v) is 6.33. The summed E-state index contributed by atoms with van der Waals surface area (Å²) in [5.74, 6) is 3.19. The second kappa shape index (κ2) is 7.02. The highest BCUT2D eigenvalue weighted by Crippen LogP contribution is 2.38. The summed E-state index contributed by atoms with van der Waals surface area (Å²) in [5, 5.41) is 7.35. The van der Waals surface area contributed by atoms with Crippen LogP contribution in [0.25, 0.3) is 0 Å². The van der Waals surface area contributed by atoms with Gasteiger partial charge in [0.25, 0.3) is 0 Å². The Morgan fingerprint density at radius 1 is 1.29 bits per heavy atom. The summed E-state index contributed by atoms with van der Waals surface area (Å²) in [5.41, 5.74) is 0. The number of aryl methyl sites for hydroxylation is 1. The third-order valence-electron chi connectivity index (χ3n) is 3.52.